The zero-order valence-electron chi connectivity index (χ0n) is 11.3. The zero-order valence-corrected chi connectivity index (χ0v) is 11.3. The topological polar surface area (TPSA) is 38.8 Å². The summed E-state index contributed by atoms with van der Waals surface area (Å²) in [5.74, 6) is 0.274. The number of hydrogen-bond donors (Lipinski definition) is 0. The van der Waals surface area contributed by atoms with Crippen LogP contribution < -0.4 is 0 Å². The minimum Gasteiger partial charge on any atom is -0.383 e. The maximum Gasteiger partial charge on any atom is 0.129 e. The molecule has 1 aliphatic heterocycles. The predicted molar refractivity (Wildman–Crippen MR) is 67.2 cm³/mol. The van der Waals surface area contributed by atoms with Gasteiger partial charge in [-0.25, -0.2) is 0 Å². The molecule has 1 saturated heterocycles. The standard InChI is InChI=1S/C13H25NO3/c1-11(15)5-4-8-14-12(9-16-2)6-7-13(14)10-17-3/h12-13H,4-10H2,1-3H3/t12-,13-/m1/s1. The number of methoxy groups -OCH3 is 2. The average Bonchev–Trinajstić information content (AvgIpc) is 2.63. The molecular formula is C13H25NO3. The van der Waals surface area contributed by atoms with Gasteiger partial charge in [0, 0.05) is 32.7 Å². The first kappa shape index (κ1) is 14.6. The fourth-order valence-corrected chi connectivity index (χ4v) is 2.63. The molecule has 0 unspecified atom stereocenters. The number of hydrogen-bond acceptors (Lipinski definition) is 4. The molecule has 0 aromatic carbocycles. The Morgan fingerprint density at radius 1 is 1.18 bits per heavy atom. The van der Waals surface area contributed by atoms with Crippen molar-refractivity contribution in [1.82, 2.24) is 4.90 Å². The summed E-state index contributed by atoms with van der Waals surface area (Å²) in [6.45, 7) is 4.19. The fraction of sp³-hybridized carbons (Fsp3) is 0.923. The Morgan fingerprint density at radius 2 is 1.71 bits per heavy atom. The van der Waals surface area contributed by atoms with Crippen molar-refractivity contribution in [2.24, 2.45) is 0 Å². The zero-order chi connectivity index (χ0) is 12.7. The first-order chi connectivity index (χ1) is 8.19. The minimum atomic E-state index is 0.274. The second kappa shape index (κ2) is 7.80. The molecule has 0 amide bonds. The number of rotatable bonds is 8. The molecule has 4 heteroatoms. The number of carbonyl (C=O) groups excluding carboxylic acids is 1. The van der Waals surface area contributed by atoms with Crippen molar-refractivity contribution in [3.63, 3.8) is 0 Å². The lowest BCUT2D eigenvalue weighted by Crippen LogP contribution is -2.41. The summed E-state index contributed by atoms with van der Waals surface area (Å²) in [5.41, 5.74) is 0. The molecule has 0 N–H and O–H groups in total. The van der Waals surface area contributed by atoms with E-state index in [0.717, 1.165) is 26.2 Å². The Hall–Kier alpha value is -0.450. The lowest BCUT2D eigenvalue weighted by atomic mass is 10.2. The molecule has 1 heterocycles. The summed E-state index contributed by atoms with van der Waals surface area (Å²) in [6.07, 6.45) is 3.95. The second-order valence-corrected chi connectivity index (χ2v) is 4.84. The van der Waals surface area contributed by atoms with Gasteiger partial charge in [0.1, 0.15) is 5.78 Å². The van der Waals surface area contributed by atoms with Gasteiger partial charge in [0.2, 0.25) is 0 Å². The largest absolute Gasteiger partial charge is 0.383 e. The van der Waals surface area contributed by atoms with Crippen molar-refractivity contribution in [3.8, 4) is 0 Å². The molecule has 0 aliphatic carbocycles. The molecule has 17 heavy (non-hydrogen) atoms. The van der Waals surface area contributed by atoms with Gasteiger partial charge in [0.15, 0.2) is 0 Å². The summed E-state index contributed by atoms with van der Waals surface area (Å²) in [5, 5.41) is 0. The lowest BCUT2D eigenvalue weighted by Gasteiger charge is -2.29. The van der Waals surface area contributed by atoms with E-state index in [2.05, 4.69) is 4.90 Å². The highest BCUT2D eigenvalue weighted by Crippen LogP contribution is 2.25. The van der Waals surface area contributed by atoms with Crippen LogP contribution >= 0.6 is 0 Å². The van der Waals surface area contributed by atoms with E-state index in [-0.39, 0.29) is 5.78 Å². The maximum atomic E-state index is 11.0. The Labute approximate surface area is 104 Å². The van der Waals surface area contributed by atoms with Gasteiger partial charge in [-0.1, -0.05) is 0 Å². The third-order valence-electron chi connectivity index (χ3n) is 3.43. The third-order valence-corrected chi connectivity index (χ3v) is 3.43. The SMILES string of the molecule is COC[C@H]1CC[C@H](COC)N1CCCC(C)=O. The highest BCUT2D eigenvalue weighted by atomic mass is 16.5. The molecule has 0 bridgehead atoms. The van der Waals surface area contributed by atoms with E-state index in [1.165, 1.54) is 12.8 Å². The molecule has 0 saturated carbocycles. The average molecular weight is 243 g/mol. The van der Waals surface area contributed by atoms with Crippen LogP contribution in [-0.2, 0) is 14.3 Å². The number of likely N-dealkylation sites (tertiary alicyclic amines) is 1. The molecule has 0 aromatic rings. The van der Waals surface area contributed by atoms with Crippen LogP contribution in [0.4, 0.5) is 0 Å². The summed E-state index contributed by atoms with van der Waals surface area (Å²) in [7, 11) is 3.49. The summed E-state index contributed by atoms with van der Waals surface area (Å²) < 4.78 is 10.5. The summed E-state index contributed by atoms with van der Waals surface area (Å²) in [6, 6.07) is 0.985. The van der Waals surface area contributed by atoms with Crippen molar-refractivity contribution in [1.29, 1.82) is 0 Å². The Kier molecular flexibility index (Phi) is 6.70. The molecule has 1 aliphatic rings. The predicted octanol–water partition coefficient (Wildman–Crippen LogP) is 1.48. The molecule has 1 fully saturated rings. The molecule has 2 atom stereocenters. The van der Waals surface area contributed by atoms with Gasteiger partial charge < -0.3 is 14.3 Å². The van der Waals surface area contributed by atoms with E-state index in [4.69, 9.17) is 9.47 Å². The van der Waals surface area contributed by atoms with Gasteiger partial charge in [-0.15, -0.1) is 0 Å². The molecule has 0 aromatic heterocycles. The van der Waals surface area contributed by atoms with Gasteiger partial charge in [-0.2, -0.15) is 0 Å². The van der Waals surface area contributed by atoms with Crippen molar-refractivity contribution >= 4 is 5.78 Å². The summed E-state index contributed by atoms with van der Waals surface area (Å²) in [4.78, 5) is 13.4. The van der Waals surface area contributed by atoms with Gasteiger partial charge in [-0.3, -0.25) is 4.90 Å². The van der Waals surface area contributed by atoms with Crippen molar-refractivity contribution in [2.45, 2.75) is 44.7 Å². The summed E-state index contributed by atoms with van der Waals surface area (Å²) >= 11 is 0. The van der Waals surface area contributed by atoms with Crippen LogP contribution in [0.2, 0.25) is 0 Å². The highest BCUT2D eigenvalue weighted by Gasteiger charge is 2.32. The molecule has 4 nitrogen and oxygen atoms in total. The van der Waals surface area contributed by atoms with Gasteiger partial charge in [-0.05, 0) is 32.7 Å². The highest BCUT2D eigenvalue weighted by molar-refractivity contribution is 5.75. The maximum absolute atomic E-state index is 11.0. The van der Waals surface area contributed by atoms with Crippen LogP contribution in [0.15, 0.2) is 0 Å². The van der Waals surface area contributed by atoms with Crippen molar-refractivity contribution in [2.75, 3.05) is 34.0 Å². The number of carbonyl (C=O) groups is 1. The van der Waals surface area contributed by atoms with E-state index < -0.39 is 0 Å². The fourth-order valence-electron chi connectivity index (χ4n) is 2.63. The Balaban J connectivity index is 2.43. The van der Waals surface area contributed by atoms with Gasteiger partial charge >= 0.3 is 0 Å². The smallest absolute Gasteiger partial charge is 0.129 e. The number of ether oxygens (including phenoxy) is 2. The molecule has 0 spiro atoms. The van der Waals surface area contributed by atoms with E-state index in [1.807, 2.05) is 0 Å². The lowest BCUT2D eigenvalue weighted by molar-refractivity contribution is -0.117. The number of ketones is 1. The van der Waals surface area contributed by atoms with Gasteiger partial charge in [0.25, 0.3) is 0 Å². The van der Waals surface area contributed by atoms with Crippen molar-refractivity contribution in [3.05, 3.63) is 0 Å². The molecular weight excluding hydrogens is 218 g/mol. The van der Waals surface area contributed by atoms with Crippen LogP contribution in [-0.4, -0.2) is 56.7 Å². The van der Waals surface area contributed by atoms with Crippen LogP contribution in [0.3, 0.4) is 0 Å². The van der Waals surface area contributed by atoms with Crippen LogP contribution in [0.1, 0.15) is 32.6 Å². The number of Topliss-reactive ketones (excluding diaryl/α,β-unsaturated/α-hetero) is 1. The Bertz CT molecular complexity index is 219. The van der Waals surface area contributed by atoms with E-state index >= 15 is 0 Å². The van der Waals surface area contributed by atoms with Crippen LogP contribution in [0, 0.1) is 0 Å². The first-order valence-electron chi connectivity index (χ1n) is 6.42. The second-order valence-electron chi connectivity index (χ2n) is 4.84. The molecule has 100 valence electrons. The first-order valence-corrected chi connectivity index (χ1v) is 6.42. The molecule has 0 radical (unpaired) electrons. The quantitative estimate of drug-likeness (QED) is 0.647. The van der Waals surface area contributed by atoms with Gasteiger partial charge in [0.05, 0.1) is 13.2 Å². The Morgan fingerprint density at radius 3 is 2.12 bits per heavy atom. The minimum absolute atomic E-state index is 0.274. The van der Waals surface area contributed by atoms with E-state index in [1.54, 1.807) is 21.1 Å². The third kappa shape index (κ3) is 4.74. The van der Waals surface area contributed by atoms with Crippen LogP contribution in [0.5, 0.6) is 0 Å². The number of nitrogens with zero attached hydrogens (tertiary/aromatic N) is 1. The van der Waals surface area contributed by atoms with Crippen molar-refractivity contribution < 1.29 is 14.3 Å². The normalized spacial score (nSPS) is 25.4. The van der Waals surface area contributed by atoms with E-state index in [9.17, 15) is 4.79 Å². The van der Waals surface area contributed by atoms with Crippen LogP contribution in [0.25, 0.3) is 0 Å². The molecule has 1 rings (SSSR count). The van der Waals surface area contributed by atoms with E-state index in [0.29, 0.717) is 18.5 Å². The monoisotopic (exact) mass is 243 g/mol.